The zero-order valence-corrected chi connectivity index (χ0v) is 17.0. The number of anilines is 1. The molecule has 1 aromatic carbocycles. The summed E-state index contributed by atoms with van der Waals surface area (Å²) in [6.45, 7) is 8.40. The van der Waals surface area contributed by atoms with Crippen LogP contribution in [-0.2, 0) is 22.6 Å². The van der Waals surface area contributed by atoms with Gasteiger partial charge in [0, 0.05) is 26.2 Å². The van der Waals surface area contributed by atoms with Crippen LogP contribution in [0, 0.1) is 11.7 Å². The summed E-state index contributed by atoms with van der Waals surface area (Å²) in [6, 6.07) is 6.10. The Kier molecular flexibility index (Phi) is 7.27. The zero-order chi connectivity index (χ0) is 19.9. The average Bonchev–Trinajstić information content (AvgIpc) is 3.08. The van der Waals surface area contributed by atoms with E-state index in [0.29, 0.717) is 25.7 Å². The van der Waals surface area contributed by atoms with Crippen LogP contribution >= 0.6 is 11.8 Å². The minimum Gasteiger partial charge on any atom is -0.378 e. The number of thioether (sulfide) groups is 1. The molecule has 7 nitrogen and oxygen atoms in total. The number of carbonyl (C=O) groups excluding carboxylic acids is 1. The van der Waals surface area contributed by atoms with Crippen molar-refractivity contribution in [2.24, 2.45) is 5.92 Å². The molecule has 2 heterocycles. The SMILES string of the molecule is CC(C)Cn1c(SCC(=O)NCc2ccc(F)cc2)nnc1N1CCOCC1. The summed E-state index contributed by atoms with van der Waals surface area (Å²) >= 11 is 1.38. The summed E-state index contributed by atoms with van der Waals surface area (Å²) in [7, 11) is 0. The van der Waals surface area contributed by atoms with Gasteiger partial charge >= 0.3 is 0 Å². The van der Waals surface area contributed by atoms with Gasteiger partial charge in [-0.2, -0.15) is 0 Å². The van der Waals surface area contributed by atoms with Crippen LogP contribution < -0.4 is 10.2 Å². The lowest BCUT2D eigenvalue weighted by molar-refractivity contribution is -0.118. The fourth-order valence-corrected chi connectivity index (χ4v) is 3.67. The Morgan fingerprint density at radius 3 is 2.64 bits per heavy atom. The molecule has 0 saturated carbocycles. The molecule has 0 spiro atoms. The maximum atomic E-state index is 12.9. The smallest absolute Gasteiger partial charge is 0.230 e. The fraction of sp³-hybridized carbons (Fsp3) is 0.526. The third-order valence-electron chi connectivity index (χ3n) is 4.27. The van der Waals surface area contributed by atoms with Gasteiger partial charge in [0.15, 0.2) is 5.16 Å². The number of rotatable bonds is 8. The standard InChI is InChI=1S/C19H26FN5O2S/c1-14(2)12-25-18(24-7-9-27-10-8-24)22-23-19(25)28-13-17(26)21-11-15-3-5-16(20)6-4-15/h3-6,14H,7-13H2,1-2H3,(H,21,26). The Balaban J connectivity index is 1.58. The third kappa shape index (κ3) is 5.68. The first-order valence-corrected chi connectivity index (χ1v) is 10.4. The highest BCUT2D eigenvalue weighted by Crippen LogP contribution is 2.24. The number of halogens is 1. The van der Waals surface area contributed by atoms with Gasteiger partial charge in [-0.3, -0.25) is 9.36 Å². The van der Waals surface area contributed by atoms with E-state index in [-0.39, 0.29) is 17.5 Å². The number of aromatic nitrogens is 3. The van der Waals surface area contributed by atoms with Gasteiger partial charge in [-0.25, -0.2) is 4.39 Å². The van der Waals surface area contributed by atoms with Crippen molar-refractivity contribution in [3.05, 3.63) is 35.6 Å². The molecule has 1 saturated heterocycles. The van der Waals surface area contributed by atoms with Crippen LogP contribution in [0.5, 0.6) is 0 Å². The highest BCUT2D eigenvalue weighted by Gasteiger charge is 2.21. The maximum Gasteiger partial charge on any atom is 0.230 e. The molecule has 9 heteroatoms. The first-order chi connectivity index (χ1) is 13.5. The number of hydrogen-bond donors (Lipinski definition) is 1. The zero-order valence-electron chi connectivity index (χ0n) is 16.2. The minimum absolute atomic E-state index is 0.0960. The summed E-state index contributed by atoms with van der Waals surface area (Å²) in [5.41, 5.74) is 0.859. The van der Waals surface area contributed by atoms with E-state index in [1.54, 1.807) is 12.1 Å². The van der Waals surface area contributed by atoms with E-state index in [9.17, 15) is 9.18 Å². The monoisotopic (exact) mass is 407 g/mol. The van der Waals surface area contributed by atoms with Crippen molar-refractivity contribution in [3.63, 3.8) is 0 Å². The Hall–Kier alpha value is -2.13. The quantitative estimate of drug-likeness (QED) is 0.677. The van der Waals surface area contributed by atoms with Crippen molar-refractivity contribution in [1.29, 1.82) is 0 Å². The molecule has 0 radical (unpaired) electrons. The summed E-state index contributed by atoms with van der Waals surface area (Å²) < 4.78 is 20.5. The molecule has 3 rings (SSSR count). The molecule has 0 aliphatic carbocycles. The van der Waals surface area contributed by atoms with Gasteiger partial charge in [-0.15, -0.1) is 10.2 Å². The van der Waals surface area contributed by atoms with Crippen LogP contribution in [0.15, 0.2) is 29.4 Å². The molecule has 152 valence electrons. The summed E-state index contributed by atoms with van der Waals surface area (Å²) in [5.74, 6) is 1.14. The number of benzene rings is 1. The van der Waals surface area contributed by atoms with Crippen molar-refractivity contribution in [2.75, 3.05) is 37.0 Å². The molecular formula is C19H26FN5O2S. The third-order valence-corrected chi connectivity index (χ3v) is 5.24. The van der Waals surface area contributed by atoms with Crippen LogP contribution in [0.1, 0.15) is 19.4 Å². The number of hydrogen-bond acceptors (Lipinski definition) is 6. The Morgan fingerprint density at radius 2 is 1.96 bits per heavy atom. The first-order valence-electron chi connectivity index (χ1n) is 9.42. The van der Waals surface area contributed by atoms with Gasteiger partial charge in [0.25, 0.3) is 0 Å². The molecular weight excluding hydrogens is 381 g/mol. The van der Waals surface area contributed by atoms with E-state index in [4.69, 9.17) is 4.74 Å². The van der Waals surface area contributed by atoms with Crippen molar-refractivity contribution < 1.29 is 13.9 Å². The number of morpholine rings is 1. The molecule has 2 aromatic rings. The van der Waals surface area contributed by atoms with E-state index in [0.717, 1.165) is 36.3 Å². The van der Waals surface area contributed by atoms with Crippen LogP contribution in [0.3, 0.4) is 0 Å². The molecule has 0 bridgehead atoms. The van der Waals surface area contributed by atoms with Crippen LogP contribution in [-0.4, -0.2) is 52.7 Å². The maximum absolute atomic E-state index is 12.9. The van der Waals surface area contributed by atoms with Crippen molar-refractivity contribution >= 4 is 23.6 Å². The molecule has 0 atom stereocenters. The summed E-state index contributed by atoms with van der Waals surface area (Å²) in [6.07, 6.45) is 0. The Bertz CT molecular complexity index is 775. The Morgan fingerprint density at radius 1 is 1.25 bits per heavy atom. The molecule has 1 amide bonds. The lowest BCUT2D eigenvalue weighted by Gasteiger charge is -2.28. The van der Waals surface area contributed by atoms with Crippen molar-refractivity contribution in [3.8, 4) is 0 Å². The van der Waals surface area contributed by atoms with E-state index >= 15 is 0 Å². The van der Waals surface area contributed by atoms with Gasteiger partial charge in [-0.05, 0) is 23.6 Å². The van der Waals surface area contributed by atoms with E-state index in [1.807, 2.05) is 0 Å². The van der Waals surface area contributed by atoms with Gasteiger partial charge in [0.2, 0.25) is 11.9 Å². The second-order valence-electron chi connectivity index (χ2n) is 7.08. The molecule has 1 aromatic heterocycles. The number of amides is 1. The first kappa shape index (κ1) is 20.6. The fourth-order valence-electron chi connectivity index (χ4n) is 2.89. The summed E-state index contributed by atoms with van der Waals surface area (Å²) in [4.78, 5) is 14.4. The van der Waals surface area contributed by atoms with Crippen molar-refractivity contribution in [1.82, 2.24) is 20.1 Å². The molecule has 1 aliphatic heterocycles. The second kappa shape index (κ2) is 9.88. The van der Waals surface area contributed by atoms with E-state index < -0.39 is 0 Å². The lowest BCUT2D eigenvalue weighted by atomic mass is 10.2. The highest BCUT2D eigenvalue weighted by molar-refractivity contribution is 7.99. The number of carbonyl (C=O) groups is 1. The van der Waals surface area contributed by atoms with Gasteiger partial charge < -0.3 is 15.0 Å². The van der Waals surface area contributed by atoms with Crippen molar-refractivity contribution in [2.45, 2.75) is 32.1 Å². The van der Waals surface area contributed by atoms with E-state index in [2.05, 4.69) is 38.8 Å². The second-order valence-corrected chi connectivity index (χ2v) is 8.02. The molecule has 1 aliphatic rings. The van der Waals surface area contributed by atoms with Crippen LogP contribution in [0.2, 0.25) is 0 Å². The average molecular weight is 408 g/mol. The molecule has 28 heavy (non-hydrogen) atoms. The molecule has 1 N–H and O–H groups in total. The predicted molar refractivity (Wildman–Crippen MR) is 107 cm³/mol. The minimum atomic E-state index is -0.286. The largest absolute Gasteiger partial charge is 0.378 e. The lowest BCUT2D eigenvalue weighted by Crippen LogP contribution is -2.38. The van der Waals surface area contributed by atoms with E-state index in [1.165, 1.54) is 23.9 Å². The summed E-state index contributed by atoms with van der Waals surface area (Å²) in [5, 5.41) is 12.3. The van der Waals surface area contributed by atoms with Crippen LogP contribution in [0.25, 0.3) is 0 Å². The van der Waals surface area contributed by atoms with Gasteiger partial charge in [0.1, 0.15) is 5.82 Å². The number of nitrogens with zero attached hydrogens (tertiary/aromatic N) is 4. The normalized spacial score (nSPS) is 14.5. The number of ether oxygens (including phenoxy) is 1. The molecule has 1 fully saturated rings. The molecule has 0 unspecified atom stereocenters. The van der Waals surface area contributed by atoms with Gasteiger partial charge in [-0.1, -0.05) is 37.7 Å². The number of nitrogens with one attached hydrogen (secondary N) is 1. The topological polar surface area (TPSA) is 72.3 Å². The van der Waals surface area contributed by atoms with Gasteiger partial charge in [0.05, 0.1) is 19.0 Å². The Labute approximate surface area is 168 Å². The predicted octanol–water partition coefficient (Wildman–Crippen LogP) is 2.32. The highest BCUT2D eigenvalue weighted by atomic mass is 32.2. The van der Waals surface area contributed by atoms with Crippen LogP contribution in [0.4, 0.5) is 10.3 Å².